The molecule has 0 N–H and O–H groups in total. The molecule has 0 bridgehead atoms. The second-order valence-corrected chi connectivity index (χ2v) is 5.17. The van der Waals surface area contributed by atoms with Gasteiger partial charge in [0.1, 0.15) is 0 Å². The lowest BCUT2D eigenvalue weighted by atomic mass is 10.0. The molecule has 2 rings (SSSR count). The molecule has 0 atom stereocenters. The van der Waals surface area contributed by atoms with Crippen molar-refractivity contribution in [2.24, 2.45) is 0 Å². The summed E-state index contributed by atoms with van der Waals surface area (Å²) in [5.74, 6) is 0.0417. The Balaban J connectivity index is 0.00000144. The molecule has 0 unspecified atom stereocenters. The summed E-state index contributed by atoms with van der Waals surface area (Å²) in [5, 5.41) is 0. The van der Waals surface area contributed by atoms with Crippen LogP contribution in [-0.2, 0) is 0 Å². The van der Waals surface area contributed by atoms with Crippen molar-refractivity contribution in [3.63, 3.8) is 0 Å². The van der Waals surface area contributed by atoms with Gasteiger partial charge in [0.2, 0.25) is 0 Å². The summed E-state index contributed by atoms with van der Waals surface area (Å²) in [4.78, 5) is 12.0. The van der Waals surface area contributed by atoms with Crippen LogP contribution in [0.3, 0.4) is 0 Å². The maximum Gasteiger partial charge on any atom is 0.193 e. The predicted octanol–water partition coefficient (Wildman–Crippen LogP) is 4.86. The average Bonchev–Trinajstić information content (AvgIpc) is 2.30. The van der Waals surface area contributed by atoms with E-state index in [1.807, 2.05) is 48.5 Å². The molecule has 2 aromatic carbocycles. The molecule has 1 nitrogen and oxygen atoms in total. The average molecular weight is 376 g/mol. The van der Waals surface area contributed by atoms with Gasteiger partial charge in [-0.1, -0.05) is 31.9 Å². The molecular formula is C13H9Br2ClO. The minimum absolute atomic E-state index is 0. The topological polar surface area (TPSA) is 17.1 Å². The molecule has 2 aromatic rings. The zero-order valence-electron chi connectivity index (χ0n) is 8.69. The molecule has 0 saturated heterocycles. The Morgan fingerprint density at radius 3 is 1.29 bits per heavy atom. The summed E-state index contributed by atoms with van der Waals surface area (Å²) in [7, 11) is 0. The maximum atomic E-state index is 12.0. The number of carbonyl (C=O) groups is 1. The number of ketones is 1. The fourth-order valence-corrected chi connectivity index (χ4v) is 1.90. The Bertz CT molecular complexity index is 458. The van der Waals surface area contributed by atoms with E-state index in [4.69, 9.17) is 0 Å². The molecule has 0 spiro atoms. The van der Waals surface area contributed by atoms with Crippen molar-refractivity contribution in [3.8, 4) is 0 Å². The van der Waals surface area contributed by atoms with Crippen molar-refractivity contribution in [3.05, 3.63) is 68.6 Å². The molecule has 0 aliphatic carbocycles. The Morgan fingerprint density at radius 2 is 1.00 bits per heavy atom. The van der Waals surface area contributed by atoms with E-state index in [-0.39, 0.29) is 18.2 Å². The minimum atomic E-state index is 0. The third kappa shape index (κ3) is 3.66. The van der Waals surface area contributed by atoms with E-state index in [2.05, 4.69) is 31.9 Å². The summed E-state index contributed by atoms with van der Waals surface area (Å²) >= 11 is 6.69. The first-order valence-electron chi connectivity index (χ1n) is 4.72. The van der Waals surface area contributed by atoms with Crippen molar-refractivity contribution < 1.29 is 4.79 Å². The highest BCUT2D eigenvalue weighted by Crippen LogP contribution is 2.16. The van der Waals surface area contributed by atoms with Crippen LogP contribution in [0.5, 0.6) is 0 Å². The fourth-order valence-electron chi connectivity index (χ4n) is 1.37. The molecule has 0 aliphatic rings. The molecule has 0 aliphatic heterocycles. The van der Waals surface area contributed by atoms with Gasteiger partial charge in [-0.3, -0.25) is 4.79 Å². The Kier molecular flexibility index (Phi) is 5.37. The number of carbonyl (C=O) groups excluding carboxylic acids is 1. The summed E-state index contributed by atoms with van der Waals surface area (Å²) < 4.78 is 1.94. The van der Waals surface area contributed by atoms with Crippen LogP contribution < -0.4 is 0 Å². The van der Waals surface area contributed by atoms with Crippen molar-refractivity contribution >= 4 is 50.1 Å². The number of rotatable bonds is 2. The summed E-state index contributed by atoms with van der Waals surface area (Å²) in [6, 6.07) is 14.7. The first kappa shape index (κ1) is 14.4. The number of hydrogen-bond donors (Lipinski definition) is 0. The zero-order chi connectivity index (χ0) is 11.5. The van der Waals surface area contributed by atoms with Crippen LogP contribution in [0.25, 0.3) is 0 Å². The van der Waals surface area contributed by atoms with Gasteiger partial charge in [-0.25, -0.2) is 0 Å². The van der Waals surface area contributed by atoms with E-state index in [1.54, 1.807) is 0 Å². The molecule has 0 radical (unpaired) electrons. The Hall–Kier alpha value is -0.640. The van der Waals surface area contributed by atoms with Gasteiger partial charge in [-0.15, -0.1) is 12.4 Å². The molecular weight excluding hydrogens is 367 g/mol. The van der Waals surface area contributed by atoms with Gasteiger partial charge in [0.25, 0.3) is 0 Å². The van der Waals surface area contributed by atoms with E-state index < -0.39 is 0 Å². The standard InChI is InChI=1S/C13H8Br2O.ClH/c14-11-5-1-9(2-6-11)13(16)10-3-7-12(15)8-4-10;/h1-8H;1H. The van der Waals surface area contributed by atoms with Crippen LogP contribution in [0.4, 0.5) is 0 Å². The van der Waals surface area contributed by atoms with Crippen molar-refractivity contribution in [2.75, 3.05) is 0 Å². The number of hydrogen-bond acceptors (Lipinski definition) is 1. The monoisotopic (exact) mass is 374 g/mol. The highest BCUT2D eigenvalue weighted by molar-refractivity contribution is 9.10. The highest BCUT2D eigenvalue weighted by Gasteiger charge is 2.07. The van der Waals surface area contributed by atoms with Crippen molar-refractivity contribution in [1.29, 1.82) is 0 Å². The summed E-state index contributed by atoms with van der Waals surface area (Å²) in [6.45, 7) is 0. The molecule has 0 fully saturated rings. The summed E-state index contributed by atoms with van der Waals surface area (Å²) in [5.41, 5.74) is 1.40. The van der Waals surface area contributed by atoms with Crippen LogP contribution in [0.1, 0.15) is 15.9 Å². The Labute approximate surface area is 123 Å². The molecule has 0 saturated carbocycles. The molecule has 0 heterocycles. The van der Waals surface area contributed by atoms with Gasteiger partial charge < -0.3 is 0 Å². The van der Waals surface area contributed by atoms with Gasteiger partial charge in [0.05, 0.1) is 0 Å². The van der Waals surface area contributed by atoms with Gasteiger partial charge >= 0.3 is 0 Å². The Morgan fingerprint density at radius 1 is 0.706 bits per heavy atom. The predicted molar refractivity (Wildman–Crippen MR) is 79.0 cm³/mol. The second kappa shape index (κ2) is 6.34. The lowest BCUT2D eigenvalue weighted by molar-refractivity contribution is 0.103. The second-order valence-electron chi connectivity index (χ2n) is 3.34. The van der Waals surface area contributed by atoms with Crippen LogP contribution >= 0.6 is 44.3 Å². The zero-order valence-corrected chi connectivity index (χ0v) is 12.7. The third-order valence-electron chi connectivity index (χ3n) is 2.21. The largest absolute Gasteiger partial charge is 0.289 e. The first-order chi connectivity index (χ1) is 7.66. The van der Waals surface area contributed by atoms with Gasteiger partial charge in [0, 0.05) is 20.1 Å². The molecule has 0 amide bonds. The lowest BCUT2D eigenvalue weighted by Gasteiger charge is -2.01. The van der Waals surface area contributed by atoms with Gasteiger partial charge in [-0.2, -0.15) is 0 Å². The number of halogens is 3. The fraction of sp³-hybridized carbons (Fsp3) is 0. The van der Waals surface area contributed by atoms with E-state index in [0.29, 0.717) is 11.1 Å². The van der Waals surface area contributed by atoms with Crippen LogP contribution in [0, 0.1) is 0 Å². The molecule has 0 aromatic heterocycles. The number of benzene rings is 2. The van der Waals surface area contributed by atoms with E-state index in [1.165, 1.54) is 0 Å². The maximum absolute atomic E-state index is 12.0. The van der Waals surface area contributed by atoms with Crippen LogP contribution in [0.2, 0.25) is 0 Å². The van der Waals surface area contributed by atoms with E-state index in [0.717, 1.165) is 8.95 Å². The highest BCUT2D eigenvalue weighted by atomic mass is 79.9. The van der Waals surface area contributed by atoms with Crippen LogP contribution in [0.15, 0.2) is 57.5 Å². The molecule has 4 heteroatoms. The SMILES string of the molecule is Cl.O=C(c1ccc(Br)cc1)c1ccc(Br)cc1. The quantitative estimate of drug-likeness (QED) is 0.684. The molecule has 88 valence electrons. The normalized spacial score (nSPS) is 9.53. The third-order valence-corrected chi connectivity index (χ3v) is 3.27. The first-order valence-corrected chi connectivity index (χ1v) is 6.31. The summed E-state index contributed by atoms with van der Waals surface area (Å²) in [6.07, 6.45) is 0. The smallest absolute Gasteiger partial charge is 0.193 e. The lowest BCUT2D eigenvalue weighted by Crippen LogP contribution is -2.00. The minimum Gasteiger partial charge on any atom is -0.289 e. The van der Waals surface area contributed by atoms with Crippen LogP contribution in [-0.4, -0.2) is 5.78 Å². The van der Waals surface area contributed by atoms with Crippen molar-refractivity contribution in [2.45, 2.75) is 0 Å². The van der Waals surface area contributed by atoms with Crippen molar-refractivity contribution in [1.82, 2.24) is 0 Å². The molecule has 17 heavy (non-hydrogen) atoms. The van der Waals surface area contributed by atoms with Gasteiger partial charge in [-0.05, 0) is 48.5 Å². The van der Waals surface area contributed by atoms with E-state index >= 15 is 0 Å². The van der Waals surface area contributed by atoms with E-state index in [9.17, 15) is 4.79 Å². The van der Waals surface area contributed by atoms with Gasteiger partial charge in [0.15, 0.2) is 5.78 Å².